The molecule has 0 fully saturated rings. The Morgan fingerprint density at radius 2 is 2.00 bits per heavy atom. The molecule has 0 bridgehead atoms. The molecule has 2 aromatic rings. The molecule has 0 radical (unpaired) electrons. The number of amides is 1. The number of alkyl carbamates (subject to hydrolysis) is 1. The summed E-state index contributed by atoms with van der Waals surface area (Å²) in [7, 11) is 0. The van der Waals surface area contributed by atoms with Crippen LogP contribution in [0, 0.1) is 0 Å². The smallest absolute Gasteiger partial charge is 0.407 e. The Balaban J connectivity index is 1.94. The SMILES string of the molecule is CC(C)(C)NC(=O)OCc1cnc(-c2ccc(O)cc2)s1. The molecule has 6 heteroatoms. The van der Waals surface area contributed by atoms with Gasteiger partial charge in [0.15, 0.2) is 0 Å². The quantitative estimate of drug-likeness (QED) is 0.910. The van der Waals surface area contributed by atoms with E-state index in [0.29, 0.717) is 0 Å². The van der Waals surface area contributed by atoms with Gasteiger partial charge >= 0.3 is 6.09 Å². The fourth-order valence-corrected chi connectivity index (χ4v) is 2.42. The molecule has 0 saturated heterocycles. The molecule has 0 aliphatic heterocycles. The van der Waals surface area contributed by atoms with Gasteiger partial charge in [0.2, 0.25) is 0 Å². The zero-order valence-corrected chi connectivity index (χ0v) is 13.0. The Labute approximate surface area is 127 Å². The van der Waals surface area contributed by atoms with Crippen molar-refractivity contribution in [1.82, 2.24) is 10.3 Å². The maximum Gasteiger partial charge on any atom is 0.407 e. The molecule has 0 spiro atoms. The van der Waals surface area contributed by atoms with Crippen molar-refractivity contribution in [2.24, 2.45) is 0 Å². The van der Waals surface area contributed by atoms with Crippen LogP contribution in [0.4, 0.5) is 4.79 Å². The summed E-state index contributed by atoms with van der Waals surface area (Å²) in [5.74, 6) is 0.220. The van der Waals surface area contributed by atoms with Crippen LogP contribution in [-0.4, -0.2) is 21.7 Å². The summed E-state index contributed by atoms with van der Waals surface area (Å²) in [4.78, 5) is 16.7. The first-order valence-corrected chi connectivity index (χ1v) is 7.34. The number of aromatic hydroxyl groups is 1. The van der Waals surface area contributed by atoms with Crippen molar-refractivity contribution in [3.05, 3.63) is 35.3 Å². The Kier molecular flexibility index (Phi) is 4.47. The highest BCUT2D eigenvalue weighted by Gasteiger charge is 2.15. The van der Waals surface area contributed by atoms with Crippen molar-refractivity contribution in [2.45, 2.75) is 32.9 Å². The topological polar surface area (TPSA) is 71.5 Å². The van der Waals surface area contributed by atoms with E-state index in [1.165, 1.54) is 11.3 Å². The van der Waals surface area contributed by atoms with Gasteiger partial charge < -0.3 is 15.2 Å². The summed E-state index contributed by atoms with van der Waals surface area (Å²) < 4.78 is 5.15. The molecular weight excluding hydrogens is 288 g/mol. The van der Waals surface area contributed by atoms with Crippen molar-refractivity contribution in [2.75, 3.05) is 0 Å². The lowest BCUT2D eigenvalue weighted by Gasteiger charge is -2.19. The van der Waals surface area contributed by atoms with Crippen molar-refractivity contribution in [1.29, 1.82) is 0 Å². The number of thiazole rings is 1. The van der Waals surface area contributed by atoms with Gasteiger partial charge in [0, 0.05) is 17.3 Å². The summed E-state index contributed by atoms with van der Waals surface area (Å²) in [6, 6.07) is 6.82. The molecule has 1 aromatic heterocycles. The highest BCUT2D eigenvalue weighted by Crippen LogP contribution is 2.26. The van der Waals surface area contributed by atoms with Crippen LogP contribution < -0.4 is 5.32 Å². The van der Waals surface area contributed by atoms with E-state index in [2.05, 4.69) is 10.3 Å². The highest BCUT2D eigenvalue weighted by atomic mass is 32.1. The van der Waals surface area contributed by atoms with Crippen LogP contribution in [0.25, 0.3) is 10.6 Å². The van der Waals surface area contributed by atoms with Gasteiger partial charge in [0.1, 0.15) is 17.4 Å². The Hall–Kier alpha value is -2.08. The second-order valence-corrected chi connectivity index (χ2v) is 6.74. The fraction of sp³-hybridized carbons (Fsp3) is 0.333. The Bertz CT molecular complexity index is 615. The van der Waals surface area contributed by atoms with Crippen LogP contribution >= 0.6 is 11.3 Å². The number of benzene rings is 1. The molecule has 1 amide bonds. The minimum atomic E-state index is -0.443. The second-order valence-electron chi connectivity index (χ2n) is 5.63. The van der Waals surface area contributed by atoms with E-state index in [4.69, 9.17) is 4.74 Å². The molecule has 0 aliphatic carbocycles. The molecule has 0 saturated carbocycles. The van der Waals surface area contributed by atoms with E-state index in [1.54, 1.807) is 30.5 Å². The van der Waals surface area contributed by atoms with Gasteiger partial charge in [-0.1, -0.05) is 0 Å². The maximum atomic E-state index is 11.6. The summed E-state index contributed by atoms with van der Waals surface area (Å²) in [6.45, 7) is 5.87. The second kappa shape index (κ2) is 6.13. The largest absolute Gasteiger partial charge is 0.508 e. The maximum absolute atomic E-state index is 11.6. The zero-order chi connectivity index (χ0) is 15.5. The lowest BCUT2D eigenvalue weighted by atomic mass is 10.1. The number of hydrogen-bond donors (Lipinski definition) is 2. The third kappa shape index (κ3) is 4.75. The third-order valence-electron chi connectivity index (χ3n) is 2.49. The molecule has 5 nitrogen and oxygen atoms in total. The van der Waals surface area contributed by atoms with E-state index >= 15 is 0 Å². The average molecular weight is 306 g/mol. The van der Waals surface area contributed by atoms with Gasteiger partial charge in [-0.05, 0) is 45.0 Å². The molecule has 1 aromatic carbocycles. The number of carbonyl (C=O) groups is 1. The van der Waals surface area contributed by atoms with Crippen molar-refractivity contribution < 1.29 is 14.6 Å². The Morgan fingerprint density at radius 3 is 2.62 bits per heavy atom. The Morgan fingerprint density at radius 1 is 1.33 bits per heavy atom. The van der Waals surface area contributed by atoms with E-state index in [9.17, 15) is 9.90 Å². The predicted octanol–water partition coefficient (Wildman–Crippen LogP) is 3.54. The first-order valence-electron chi connectivity index (χ1n) is 6.52. The van der Waals surface area contributed by atoms with Gasteiger partial charge in [-0.3, -0.25) is 0 Å². The molecule has 0 aliphatic rings. The normalized spacial score (nSPS) is 11.2. The van der Waals surface area contributed by atoms with E-state index in [-0.39, 0.29) is 17.9 Å². The number of nitrogens with zero attached hydrogens (tertiary/aromatic N) is 1. The third-order valence-corrected chi connectivity index (χ3v) is 3.51. The number of aromatic nitrogens is 1. The van der Waals surface area contributed by atoms with Gasteiger partial charge in [0.25, 0.3) is 0 Å². The molecule has 0 atom stereocenters. The van der Waals surface area contributed by atoms with E-state index < -0.39 is 6.09 Å². The van der Waals surface area contributed by atoms with Crippen LogP contribution in [0.15, 0.2) is 30.5 Å². The van der Waals surface area contributed by atoms with Gasteiger partial charge in [-0.15, -0.1) is 11.3 Å². The fourth-order valence-electron chi connectivity index (χ4n) is 1.59. The van der Waals surface area contributed by atoms with Crippen LogP contribution in [-0.2, 0) is 11.3 Å². The number of rotatable bonds is 3. The number of phenolic OH excluding ortho intramolecular Hbond substituents is 1. The van der Waals surface area contributed by atoms with Gasteiger partial charge in [0.05, 0.1) is 4.88 Å². The van der Waals surface area contributed by atoms with Crippen LogP contribution in [0.1, 0.15) is 25.6 Å². The number of hydrogen-bond acceptors (Lipinski definition) is 5. The van der Waals surface area contributed by atoms with Crippen LogP contribution in [0.3, 0.4) is 0 Å². The highest BCUT2D eigenvalue weighted by molar-refractivity contribution is 7.15. The monoisotopic (exact) mass is 306 g/mol. The first-order chi connectivity index (χ1) is 9.83. The molecule has 2 N–H and O–H groups in total. The minimum absolute atomic E-state index is 0.192. The van der Waals surface area contributed by atoms with Crippen LogP contribution in [0.2, 0.25) is 0 Å². The summed E-state index contributed by atoms with van der Waals surface area (Å²) in [6.07, 6.45) is 1.25. The van der Waals surface area contributed by atoms with Gasteiger partial charge in [-0.25, -0.2) is 9.78 Å². The number of nitrogens with one attached hydrogen (secondary N) is 1. The molecule has 21 heavy (non-hydrogen) atoms. The lowest BCUT2D eigenvalue weighted by Crippen LogP contribution is -2.40. The molecule has 112 valence electrons. The van der Waals surface area contributed by atoms with Gasteiger partial charge in [-0.2, -0.15) is 0 Å². The number of phenols is 1. The standard InChI is InChI=1S/C15H18N2O3S/c1-15(2,3)17-14(19)20-9-12-8-16-13(21-12)10-4-6-11(18)7-5-10/h4-8,18H,9H2,1-3H3,(H,17,19). The van der Waals surface area contributed by atoms with E-state index in [1.807, 2.05) is 20.8 Å². The lowest BCUT2D eigenvalue weighted by molar-refractivity contribution is 0.132. The minimum Gasteiger partial charge on any atom is -0.508 e. The zero-order valence-electron chi connectivity index (χ0n) is 12.2. The summed E-state index contributed by atoms with van der Waals surface area (Å²) >= 11 is 1.45. The summed E-state index contributed by atoms with van der Waals surface area (Å²) in [5.41, 5.74) is 0.602. The molecular formula is C15H18N2O3S. The van der Waals surface area contributed by atoms with E-state index in [0.717, 1.165) is 15.4 Å². The van der Waals surface area contributed by atoms with Crippen molar-refractivity contribution in [3.63, 3.8) is 0 Å². The average Bonchev–Trinajstić information content (AvgIpc) is 2.84. The molecule has 0 unspecified atom stereocenters. The summed E-state index contributed by atoms with van der Waals surface area (Å²) in [5, 5.41) is 12.8. The predicted molar refractivity (Wildman–Crippen MR) is 82.3 cm³/mol. The number of carbonyl (C=O) groups excluding carboxylic acids is 1. The number of ether oxygens (including phenoxy) is 1. The first kappa shape index (κ1) is 15.3. The molecule has 1 heterocycles. The van der Waals surface area contributed by atoms with Crippen molar-refractivity contribution >= 4 is 17.4 Å². The molecule has 2 rings (SSSR count). The van der Waals surface area contributed by atoms with Crippen LogP contribution in [0.5, 0.6) is 5.75 Å². The van der Waals surface area contributed by atoms with Crippen molar-refractivity contribution in [3.8, 4) is 16.3 Å².